The fraction of sp³-hybridized carbons (Fsp3) is 0.400. The van der Waals surface area contributed by atoms with E-state index in [0.717, 1.165) is 32.0 Å². The minimum atomic E-state index is 0.733. The van der Waals surface area contributed by atoms with Crippen LogP contribution < -0.4 is 10.6 Å². The quantitative estimate of drug-likeness (QED) is 0.622. The molecule has 0 saturated carbocycles. The van der Waals surface area contributed by atoms with Crippen LogP contribution in [-0.4, -0.2) is 34.3 Å². The van der Waals surface area contributed by atoms with Crippen LogP contribution in [0.2, 0.25) is 0 Å². The summed E-state index contributed by atoms with van der Waals surface area (Å²) in [4.78, 5) is 8.15. The Hall–Kier alpha value is -2.37. The van der Waals surface area contributed by atoms with E-state index in [1.54, 1.807) is 19.7 Å². The molecule has 0 radical (unpaired) electrons. The van der Waals surface area contributed by atoms with E-state index in [1.807, 2.05) is 4.68 Å². The Balaban J connectivity index is 1.91. The smallest absolute Gasteiger partial charge is 0.191 e. The molecule has 0 unspecified atom stereocenters. The summed E-state index contributed by atoms with van der Waals surface area (Å²) < 4.78 is 1.81. The summed E-state index contributed by atoms with van der Waals surface area (Å²) in [5.41, 5.74) is 2.42. The number of rotatable bonds is 6. The minimum Gasteiger partial charge on any atom is -0.356 e. The van der Waals surface area contributed by atoms with Crippen LogP contribution >= 0.6 is 0 Å². The molecular weight excluding hydrogens is 264 g/mol. The predicted molar refractivity (Wildman–Crippen MR) is 84.1 cm³/mol. The Kier molecular flexibility index (Phi) is 5.75. The van der Waals surface area contributed by atoms with E-state index < -0.39 is 0 Å². The Labute approximate surface area is 125 Å². The van der Waals surface area contributed by atoms with E-state index in [4.69, 9.17) is 0 Å². The highest BCUT2D eigenvalue weighted by atomic mass is 15.3. The van der Waals surface area contributed by atoms with Gasteiger partial charge in [-0.15, -0.1) is 0 Å². The van der Waals surface area contributed by atoms with Gasteiger partial charge in [-0.05, 0) is 17.5 Å². The molecule has 2 rings (SSSR count). The van der Waals surface area contributed by atoms with Crippen molar-refractivity contribution in [2.45, 2.75) is 26.4 Å². The van der Waals surface area contributed by atoms with Crippen LogP contribution in [0.15, 0.2) is 41.9 Å². The van der Waals surface area contributed by atoms with E-state index in [-0.39, 0.29) is 0 Å². The van der Waals surface area contributed by atoms with Crippen molar-refractivity contribution < 1.29 is 0 Å². The van der Waals surface area contributed by atoms with Gasteiger partial charge in [0.2, 0.25) is 0 Å². The molecule has 0 spiro atoms. The largest absolute Gasteiger partial charge is 0.356 e. The Morgan fingerprint density at radius 1 is 1.29 bits per heavy atom. The average Bonchev–Trinajstić information content (AvgIpc) is 3.01. The minimum absolute atomic E-state index is 0.733. The van der Waals surface area contributed by atoms with Crippen molar-refractivity contribution in [3.8, 4) is 0 Å². The molecule has 0 atom stereocenters. The first kappa shape index (κ1) is 15.0. The van der Waals surface area contributed by atoms with Gasteiger partial charge < -0.3 is 10.6 Å². The SMILES string of the molecule is CCCNC(=NC)NCc1cccc(Cn2cncn2)c1. The van der Waals surface area contributed by atoms with Gasteiger partial charge in [0, 0.05) is 20.1 Å². The number of benzene rings is 1. The van der Waals surface area contributed by atoms with Crippen LogP contribution in [0.1, 0.15) is 24.5 Å². The van der Waals surface area contributed by atoms with Crippen molar-refractivity contribution in [1.29, 1.82) is 0 Å². The van der Waals surface area contributed by atoms with Crippen molar-refractivity contribution in [3.05, 3.63) is 48.0 Å². The van der Waals surface area contributed by atoms with Gasteiger partial charge in [0.25, 0.3) is 0 Å². The summed E-state index contributed by atoms with van der Waals surface area (Å²) >= 11 is 0. The molecule has 6 nitrogen and oxygen atoms in total. The second kappa shape index (κ2) is 8.04. The molecule has 112 valence electrons. The number of guanidine groups is 1. The molecule has 0 aliphatic rings. The van der Waals surface area contributed by atoms with Gasteiger partial charge in [0.15, 0.2) is 5.96 Å². The maximum atomic E-state index is 4.20. The fourth-order valence-corrected chi connectivity index (χ4v) is 1.99. The van der Waals surface area contributed by atoms with Crippen molar-refractivity contribution >= 4 is 5.96 Å². The lowest BCUT2D eigenvalue weighted by Crippen LogP contribution is -2.37. The monoisotopic (exact) mass is 286 g/mol. The number of hydrogen-bond acceptors (Lipinski definition) is 3. The molecule has 0 amide bonds. The normalized spacial score (nSPS) is 11.4. The van der Waals surface area contributed by atoms with Crippen molar-refractivity contribution in [3.63, 3.8) is 0 Å². The standard InChI is InChI=1S/C15H22N6/c1-3-7-18-15(16-2)19-9-13-5-4-6-14(8-13)10-21-12-17-11-20-21/h4-6,8,11-12H,3,7,9-10H2,1-2H3,(H2,16,18,19). The van der Waals surface area contributed by atoms with Gasteiger partial charge in [0.1, 0.15) is 12.7 Å². The van der Waals surface area contributed by atoms with Crippen LogP contribution in [0, 0.1) is 0 Å². The number of hydrogen-bond donors (Lipinski definition) is 2. The lowest BCUT2D eigenvalue weighted by molar-refractivity contribution is 0.683. The molecule has 6 heteroatoms. The molecule has 0 saturated heterocycles. The molecule has 0 aliphatic heterocycles. The highest BCUT2D eigenvalue weighted by Gasteiger charge is 2.00. The zero-order valence-corrected chi connectivity index (χ0v) is 12.6. The Bertz CT molecular complexity index is 561. The molecule has 1 heterocycles. The van der Waals surface area contributed by atoms with E-state index >= 15 is 0 Å². The van der Waals surface area contributed by atoms with E-state index in [9.17, 15) is 0 Å². The summed E-state index contributed by atoms with van der Waals surface area (Å²) in [6.07, 6.45) is 4.35. The first-order valence-electron chi connectivity index (χ1n) is 7.16. The first-order chi connectivity index (χ1) is 10.3. The highest BCUT2D eigenvalue weighted by Crippen LogP contribution is 2.06. The predicted octanol–water partition coefficient (Wildman–Crippen LogP) is 1.40. The van der Waals surface area contributed by atoms with Crippen molar-refractivity contribution in [2.24, 2.45) is 4.99 Å². The lowest BCUT2D eigenvalue weighted by Gasteiger charge is -2.11. The molecular formula is C15H22N6. The second-order valence-electron chi connectivity index (χ2n) is 4.77. The van der Waals surface area contributed by atoms with Gasteiger partial charge in [-0.3, -0.25) is 4.99 Å². The average molecular weight is 286 g/mol. The number of aliphatic imine (C=N–C) groups is 1. The Morgan fingerprint density at radius 3 is 2.86 bits per heavy atom. The van der Waals surface area contributed by atoms with Crippen LogP contribution in [0.4, 0.5) is 0 Å². The zero-order chi connectivity index (χ0) is 14.9. The molecule has 1 aromatic carbocycles. The van der Waals surface area contributed by atoms with Crippen LogP contribution in [-0.2, 0) is 13.1 Å². The molecule has 0 bridgehead atoms. The molecule has 1 aromatic heterocycles. The topological polar surface area (TPSA) is 67.1 Å². The number of nitrogens with zero attached hydrogens (tertiary/aromatic N) is 4. The van der Waals surface area contributed by atoms with Gasteiger partial charge >= 0.3 is 0 Å². The third-order valence-corrected chi connectivity index (χ3v) is 3.03. The summed E-state index contributed by atoms with van der Waals surface area (Å²) in [5, 5.41) is 10.7. The van der Waals surface area contributed by atoms with Crippen LogP contribution in [0.5, 0.6) is 0 Å². The summed E-state index contributed by atoms with van der Waals surface area (Å²) in [7, 11) is 1.78. The summed E-state index contributed by atoms with van der Waals surface area (Å²) in [6.45, 7) is 4.53. The zero-order valence-electron chi connectivity index (χ0n) is 12.6. The first-order valence-corrected chi connectivity index (χ1v) is 7.16. The maximum absolute atomic E-state index is 4.20. The van der Waals surface area contributed by atoms with Crippen LogP contribution in [0.3, 0.4) is 0 Å². The Morgan fingerprint density at radius 2 is 2.14 bits per heavy atom. The third kappa shape index (κ3) is 4.91. The van der Waals surface area contributed by atoms with Crippen molar-refractivity contribution in [2.75, 3.05) is 13.6 Å². The lowest BCUT2D eigenvalue weighted by atomic mass is 10.1. The van der Waals surface area contributed by atoms with Gasteiger partial charge in [-0.2, -0.15) is 5.10 Å². The molecule has 0 aliphatic carbocycles. The number of nitrogens with one attached hydrogen (secondary N) is 2. The summed E-state index contributed by atoms with van der Waals surface area (Å²) in [5.74, 6) is 0.832. The van der Waals surface area contributed by atoms with Crippen LogP contribution in [0.25, 0.3) is 0 Å². The van der Waals surface area contributed by atoms with E-state index in [2.05, 4.69) is 56.9 Å². The van der Waals surface area contributed by atoms with Gasteiger partial charge in [-0.1, -0.05) is 31.2 Å². The maximum Gasteiger partial charge on any atom is 0.191 e. The van der Waals surface area contributed by atoms with Gasteiger partial charge in [-0.25, -0.2) is 9.67 Å². The van der Waals surface area contributed by atoms with Crippen molar-refractivity contribution in [1.82, 2.24) is 25.4 Å². The molecule has 0 fully saturated rings. The fourth-order valence-electron chi connectivity index (χ4n) is 1.99. The van der Waals surface area contributed by atoms with Gasteiger partial charge in [0.05, 0.1) is 6.54 Å². The second-order valence-corrected chi connectivity index (χ2v) is 4.77. The molecule has 21 heavy (non-hydrogen) atoms. The van der Waals surface area contributed by atoms with E-state index in [0.29, 0.717) is 0 Å². The van der Waals surface area contributed by atoms with E-state index in [1.165, 1.54) is 11.1 Å². The molecule has 2 N–H and O–H groups in total. The third-order valence-electron chi connectivity index (χ3n) is 3.03. The highest BCUT2D eigenvalue weighted by molar-refractivity contribution is 5.79. The number of aromatic nitrogens is 3. The summed E-state index contributed by atoms with van der Waals surface area (Å²) in [6, 6.07) is 8.42. The molecule has 2 aromatic rings.